The number of nitrogens with one attached hydrogen (secondary N) is 1. The number of hydrogen-bond donors (Lipinski definition) is 1. The number of nitrogens with zero attached hydrogens (tertiary/aromatic N) is 2. The van der Waals surface area contributed by atoms with Gasteiger partial charge < -0.3 is 0 Å². The van der Waals surface area contributed by atoms with Crippen molar-refractivity contribution in [3.8, 4) is 0 Å². The molecule has 4 rings (SSSR count). The first kappa shape index (κ1) is 18.3. The van der Waals surface area contributed by atoms with Gasteiger partial charge in [-0.2, -0.15) is 0 Å². The van der Waals surface area contributed by atoms with Crippen LogP contribution < -0.4 is 13.5 Å². The summed E-state index contributed by atoms with van der Waals surface area (Å²) in [4.78, 5) is 0.864. The van der Waals surface area contributed by atoms with E-state index < -0.39 is 32.4 Å². The molecule has 2 heterocycles. The van der Waals surface area contributed by atoms with Crippen LogP contribution in [-0.2, 0) is 20.0 Å². The summed E-state index contributed by atoms with van der Waals surface area (Å²) >= 11 is 0. The molecule has 0 radical (unpaired) electrons. The number of sulfonamides is 2. The minimum atomic E-state index is -3.58. The van der Waals surface area contributed by atoms with Gasteiger partial charge >= 0.3 is 0 Å². The van der Waals surface area contributed by atoms with Gasteiger partial charge in [-0.1, -0.05) is 24.3 Å². The van der Waals surface area contributed by atoms with Crippen LogP contribution in [0.15, 0.2) is 48.5 Å². The molecule has 2 aliphatic rings. The number of fused-ring (bicyclic) bond motifs is 6. The number of hydrogen-bond acceptors (Lipinski definition) is 4. The van der Waals surface area contributed by atoms with Crippen LogP contribution in [0.4, 0.5) is 11.4 Å². The zero-order valence-electron chi connectivity index (χ0n) is 15.3. The van der Waals surface area contributed by atoms with Crippen LogP contribution in [0.25, 0.3) is 0 Å². The molecule has 0 spiro atoms. The van der Waals surface area contributed by atoms with Gasteiger partial charge in [-0.15, -0.1) is 0 Å². The minimum absolute atomic E-state index is 0.515. The Morgan fingerprint density at radius 2 is 1.15 bits per heavy atom. The van der Waals surface area contributed by atoms with E-state index in [1.54, 1.807) is 24.3 Å². The van der Waals surface area contributed by atoms with E-state index in [0.717, 1.165) is 4.90 Å². The van der Waals surface area contributed by atoms with Crippen molar-refractivity contribution >= 4 is 31.4 Å². The van der Waals surface area contributed by atoms with Gasteiger partial charge in [0, 0.05) is 0 Å². The van der Waals surface area contributed by atoms with E-state index in [2.05, 4.69) is 0 Å². The van der Waals surface area contributed by atoms with Gasteiger partial charge in [-0.3, -0.25) is 4.90 Å². The average Bonchev–Trinajstić information content (AvgIpc) is 2.59. The summed E-state index contributed by atoms with van der Waals surface area (Å²) in [5, 5.41) is 0. The van der Waals surface area contributed by atoms with Crippen molar-refractivity contribution in [2.45, 2.75) is 19.3 Å². The molecule has 2 aromatic rings. The molecule has 2 aromatic carbocycles. The van der Waals surface area contributed by atoms with Crippen LogP contribution in [0.2, 0.25) is 0 Å². The lowest BCUT2D eigenvalue weighted by Crippen LogP contribution is -3.17. The largest absolute Gasteiger partial charge is 0.286 e. The van der Waals surface area contributed by atoms with Crippen LogP contribution in [-0.4, -0.2) is 35.9 Å². The van der Waals surface area contributed by atoms with E-state index >= 15 is 0 Å². The molecule has 0 aromatic heterocycles. The maximum absolute atomic E-state index is 12.8. The Hall–Kier alpha value is -2.10. The first-order chi connectivity index (χ1) is 12.7. The molecular formula is C18H22N3O4S2+. The number of anilines is 2. The van der Waals surface area contributed by atoms with Crippen LogP contribution >= 0.6 is 0 Å². The molecule has 0 fully saturated rings. The van der Waals surface area contributed by atoms with Crippen molar-refractivity contribution in [2.75, 3.05) is 27.7 Å². The normalized spacial score (nSPS) is 24.3. The molecule has 2 aliphatic heterocycles. The molecule has 144 valence electrons. The van der Waals surface area contributed by atoms with Gasteiger partial charge in [-0.05, 0) is 31.2 Å². The smallest absolute Gasteiger partial charge is 0.237 e. The molecule has 7 nitrogen and oxygen atoms in total. The zero-order valence-corrected chi connectivity index (χ0v) is 17.0. The minimum Gasteiger partial charge on any atom is -0.286 e. The van der Waals surface area contributed by atoms with Crippen LogP contribution in [0.5, 0.6) is 0 Å². The number of benzene rings is 2. The predicted octanol–water partition coefficient (Wildman–Crippen LogP) is 0.848. The summed E-state index contributed by atoms with van der Waals surface area (Å²) in [7, 11) is -7.17. The van der Waals surface area contributed by atoms with Gasteiger partial charge in [0.05, 0.1) is 41.6 Å². The van der Waals surface area contributed by atoms with Gasteiger partial charge in [0.15, 0.2) is 0 Å². The van der Waals surface area contributed by atoms with Crippen molar-refractivity contribution in [1.82, 2.24) is 0 Å². The SMILES string of the molecule is CC[NH+]1[C@@H]2c3ccccc3N(S(C)(=O)=O)[C@@H]1c1ccccc1N2S(C)(=O)=O. The van der Waals surface area contributed by atoms with Crippen LogP contribution in [0, 0.1) is 0 Å². The number of para-hydroxylation sites is 2. The molecule has 3 atom stereocenters. The predicted molar refractivity (Wildman–Crippen MR) is 105 cm³/mol. The lowest BCUT2D eigenvalue weighted by atomic mass is 9.96. The maximum atomic E-state index is 12.8. The molecule has 1 N–H and O–H groups in total. The zero-order chi connectivity index (χ0) is 19.6. The van der Waals surface area contributed by atoms with Crippen LogP contribution in [0.1, 0.15) is 30.4 Å². The second kappa shape index (κ2) is 5.95. The topological polar surface area (TPSA) is 79.2 Å². The highest BCUT2D eigenvalue weighted by Gasteiger charge is 2.55. The second-order valence-electron chi connectivity index (χ2n) is 6.97. The second-order valence-corrected chi connectivity index (χ2v) is 10.7. The Morgan fingerprint density at radius 1 is 0.778 bits per heavy atom. The highest BCUT2D eigenvalue weighted by Crippen LogP contribution is 2.46. The molecular weight excluding hydrogens is 386 g/mol. The summed E-state index contributed by atoms with van der Waals surface area (Å²) in [6.45, 7) is 2.51. The molecule has 0 amide bonds. The van der Waals surface area contributed by atoms with E-state index in [4.69, 9.17) is 0 Å². The fourth-order valence-corrected chi connectivity index (χ4v) is 6.66. The van der Waals surface area contributed by atoms with Crippen molar-refractivity contribution in [1.29, 1.82) is 0 Å². The van der Waals surface area contributed by atoms with E-state index in [1.807, 2.05) is 31.2 Å². The molecule has 0 aliphatic carbocycles. The van der Waals surface area contributed by atoms with Crippen molar-refractivity contribution in [2.24, 2.45) is 0 Å². The highest BCUT2D eigenvalue weighted by atomic mass is 32.2. The Labute approximate surface area is 159 Å². The Bertz CT molecular complexity index is 1030. The third-order valence-corrected chi connectivity index (χ3v) is 7.48. The molecule has 27 heavy (non-hydrogen) atoms. The fraction of sp³-hybridized carbons (Fsp3) is 0.333. The summed E-state index contributed by atoms with van der Waals surface area (Å²) in [5.74, 6) is 0. The summed E-state index contributed by atoms with van der Waals surface area (Å²) < 4.78 is 54.0. The molecule has 1 unspecified atom stereocenters. The molecule has 9 heteroatoms. The number of rotatable bonds is 3. The van der Waals surface area contributed by atoms with Crippen molar-refractivity contribution in [3.05, 3.63) is 59.7 Å². The first-order valence-corrected chi connectivity index (χ1v) is 12.4. The summed E-state index contributed by atoms with van der Waals surface area (Å²) in [6, 6.07) is 14.3. The fourth-order valence-electron chi connectivity index (χ4n) is 4.35. The number of quaternary nitrogens is 1. The van der Waals surface area contributed by atoms with E-state index in [-0.39, 0.29) is 0 Å². The van der Waals surface area contributed by atoms with Gasteiger partial charge in [0.1, 0.15) is 0 Å². The Kier molecular flexibility index (Phi) is 4.03. The van der Waals surface area contributed by atoms with E-state index in [1.165, 1.54) is 21.1 Å². The lowest BCUT2D eigenvalue weighted by molar-refractivity contribution is -0.960. The molecule has 0 saturated heterocycles. The Morgan fingerprint density at radius 3 is 1.48 bits per heavy atom. The monoisotopic (exact) mass is 408 g/mol. The quantitative estimate of drug-likeness (QED) is 0.817. The van der Waals surface area contributed by atoms with Gasteiger partial charge in [0.25, 0.3) is 0 Å². The summed E-state index contributed by atoms with van der Waals surface area (Å²) in [5.41, 5.74) is 2.46. The molecule has 2 bridgehead atoms. The van der Waals surface area contributed by atoms with Gasteiger partial charge in [-0.25, -0.2) is 25.4 Å². The van der Waals surface area contributed by atoms with E-state index in [9.17, 15) is 16.8 Å². The van der Waals surface area contributed by atoms with Crippen molar-refractivity contribution in [3.63, 3.8) is 0 Å². The third-order valence-electron chi connectivity index (χ3n) is 5.23. The summed E-state index contributed by atoms with van der Waals surface area (Å²) in [6.07, 6.45) is 1.37. The van der Waals surface area contributed by atoms with E-state index in [0.29, 0.717) is 29.0 Å². The maximum Gasteiger partial charge on any atom is 0.237 e. The van der Waals surface area contributed by atoms with Crippen molar-refractivity contribution < 1.29 is 21.7 Å². The standard InChI is InChI=1S/C18H21N3O4S2/c1-4-19-17-14-10-6-8-12-16(14)21(27(3,24)25)18(19)13-9-5-7-11-15(13)20(17)26(2,22)23/h5-12,17-18H,4H2,1-3H3/p+1/t17-,18+. The van der Waals surface area contributed by atoms with Crippen LogP contribution in [0.3, 0.4) is 0 Å². The Balaban J connectivity index is 2.14. The van der Waals surface area contributed by atoms with Gasteiger partial charge in [0.2, 0.25) is 32.4 Å². The highest BCUT2D eigenvalue weighted by molar-refractivity contribution is 7.92. The first-order valence-electron chi connectivity index (χ1n) is 8.68. The lowest BCUT2D eigenvalue weighted by Gasteiger charge is -2.52. The third kappa shape index (κ3) is 2.64. The molecule has 0 saturated carbocycles. The average molecular weight is 409 g/mol.